The van der Waals surface area contributed by atoms with E-state index in [9.17, 15) is 4.79 Å². The summed E-state index contributed by atoms with van der Waals surface area (Å²) in [5.74, 6) is -0.358. The third-order valence-electron chi connectivity index (χ3n) is 2.87. The van der Waals surface area contributed by atoms with Crippen LogP contribution in [0.25, 0.3) is 0 Å². The summed E-state index contributed by atoms with van der Waals surface area (Å²) in [6.07, 6.45) is 0.991. The quantitative estimate of drug-likeness (QED) is 0.632. The molecule has 0 spiro atoms. The van der Waals surface area contributed by atoms with Crippen LogP contribution in [0.5, 0.6) is 0 Å². The number of aryl methyl sites for hydroxylation is 1. The molecule has 0 aliphatic carbocycles. The first-order valence-corrected chi connectivity index (χ1v) is 7.97. The van der Waals surface area contributed by atoms with E-state index in [0.29, 0.717) is 15.6 Å². The monoisotopic (exact) mass is 340 g/mol. The number of nitrogens with one attached hydrogen (secondary N) is 1. The predicted octanol–water partition coefficient (Wildman–Crippen LogP) is 4.77. The smallest absolute Gasteiger partial charge is 0.267 e. The molecule has 0 saturated heterocycles. The summed E-state index contributed by atoms with van der Waals surface area (Å²) in [5, 5.41) is 4.91. The minimum atomic E-state index is -0.358. The Morgan fingerprint density at radius 2 is 2.05 bits per heavy atom. The lowest BCUT2D eigenvalue weighted by Gasteiger charge is -2.04. The molecule has 0 fully saturated rings. The summed E-state index contributed by atoms with van der Waals surface area (Å²) in [7, 11) is 0. The van der Waals surface area contributed by atoms with Crippen molar-refractivity contribution in [2.45, 2.75) is 20.3 Å². The standard InChI is InChI=1S/C15H14Cl2N2OS/c1-3-11-5-7-14(21-11)9(2)18-19-15(20)12-6-4-10(16)8-13(12)17/h4-8H,3H2,1-2H3,(H,19,20)/b18-9+. The molecule has 0 unspecified atom stereocenters. The van der Waals surface area contributed by atoms with Crippen LogP contribution in [0.15, 0.2) is 35.4 Å². The Morgan fingerprint density at radius 1 is 1.29 bits per heavy atom. The molecular weight excluding hydrogens is 327 g/mol. The Hall–Kier alpha value is -1.36. The fourth-order valence-corrected chi connectivity index (χ4v) is 3.07. The molecule has 2 rings (SSSR count). The van der Waals surface area contributed by atoms with Gasteiger partial charge in [0, 0.05) is 9.90 Å². The zero-order valence-corrected chi connectivity index (χ0v) is 13.9. The molecule has 6 heteroatoms. The largest absolute Gasteiger partial charge is 0.272 e. The van der Waals surface area contributed by atoms with Crippen LogP contribution in [0.1, 0.15) is 34.0 Å². The number of nitrogens with zero attached hydrogens (tertiary/aromatic N) is 1. The SMILES string of the molecule is CCc1ccc(/C(C)=N/NC(=O)c2ccc(Cl)cc2Cl)s1. The van der Waals surface area contributed by atoms with Gasteiger partial charge in [-0.3, -0.25) is 4.79 Å². The number of rotatable bonds is 4. The molecule has 1 aromatic carbocycles. The van der Waals surface area contributed by atoms with Crippen molar-refractivity contribution < 1.29 is 4.79 Å². The van der Waals surface area contributed by atoms with E-state index < -0.39 is 0 Å². The highest BCUT2D eigenvalue weighted by Crippen LogP contribution is 2.21. The molecule has 0 aliphatic rings. The molecule has 1 N–H and O–H groups in total. The zero-order valence-electron chi connectivity index (χ0n) is 11.6. The summed E-state index contributed by atoms with van der Waals surface area (Å²) in [5.41, 5.74) is 3.62. The van der Waals surface area contributed by atoms with E-state index in [-0.39, 0.29) is 5.91 Å². The Kier molecular flexibility index (Phi) is 5.39. The molecule has 110 valence electrons. The lowest BCUT2D eigenvalue weighted by atomic mass is 10.2. The van der Waals surface area contributed by atoms with Crippen LogP contribution < -0.4 is 5.43 Å². The number of carbonyl (C=O) groups excluding carboxylic acids is 1. The Morgan fingerprint density at radius 3 is 2.67 bits per heavy atom. The van der Waals surface area contributed by atoms with E-state index in [2.05, 4.69) is 23.5 Å². The van der Waals surface area contributed by atoms with Crippen molar-refractivity contribution in [2.24, 2.45) is 5.10 Å². The first-order chi connectivity index (χ1) is 10.0. The van der Waals surface area contributed by atoms with Gasteiger partial charge in [-0.05, 0) is 43.7 Å². The van der Waals surface area contributed by atoms with Gasteiger partial charge >= 0.3 is 0 Å². The summed E-state index contributed by atoms with van der Waals surface area (Å²) < 4.78 is 0. The van der Waals surface area contributed by atoms with Crippen LogP contribution in [0, 0.1) is 0 Å². The molecule has 0 radical (unpaired) electrons. The van der Waals surface area contributed by atoms with Gasteiger partial charge in [0.15, 0.2) is 0 Å². The number of carbonyl (C=O) groups is 1. The number of thiophene rings is 1. The lowest BCUT2D eigenvalue weighted by molar-refractivity contribution is 0.0955. The predicted molar refractivity (Wildman–Crippen MR) is 89.8 cm³/mol. The zero-order chi connectivity index (χ0) is 15.4. The minimum absolute atomic E-state index is 0.303. The number of hydrazone groups is 1. The number of benzene rings is 1. The van der Waals surface area contributed by atoms with E-state index in [1.807, 2.05) is 13.0 Å². The molecule has 0 atom stereocenters. The first-order valence-electron chi connectivity index (χ1n) is 6.40. The first kappa shape index (κ1) is 16.0. The van der Waals surface area contributed by atoms with Gasteiger partial charge in [-0.2, -0.15) is 5.10 Å². The van der Waals surface area contributed by atoms with Gasteiger partial charge in [-0.1, -0.05) is 30.1 Å². The molecule has 3 nitrogen and oxygen atoms in total. The summed E-state index contributed by atoms with van der Waals surface area (Å²) in [4.78, 5) is 14.4. The maximum Gasteiger partial charge on any atom is 0.272 e. The summed E-state index contributed by atoms with van der Waals surface area (Å²) in [6, 6.07) is 8.79. The van der Waals surface area contributed by atoms with E-state index >= 15 is 0 Å². The Bertz CT molecular complexity index is 695. The maximum absolute atomic E-state index is 12.0. The molecule has 2 aromatic rings. The van der Waals surface area contributed by atoms with Crippen molar-refractivity contribution in [1.29, 1.82) is 0 Å². The summed E-state index contributed by atoms with van der Waals surface area (Å²) in [6.45, 7) is 3.96. The molecule has 0 saturated carbocycles. The van der Waals surface area contributed by atoms with Gasteiger partial charge in [-0.25, -0.2) is 5.43 Å². The number of hydrogen-bond donors (Lipinski definition) is 1. The molecule has 1 amide bonds. The van der Waals surface area contributed by atoms with Crippen molar-refractivity contribution in [2.75, 3.05) is 0 Å². The number of halogens is 2. The van der Waals surface area contributed by atoms with Crippen molar-refractivity contribution in [3.05, 3.63) is 55.7 Å². The van der Waals surface area contributed by atoms with Crippen LogP contribution in [-0.2, 0) is 6.42 Å². The highest BCUT2D eigenvalue weighted by Gasteiger charge is 2.10. The van der Waals surface area contributed by atoms with Crippen LogP contribution in [0.4, 0.5) is 0 Å². The molecule has 0 aliphatic heterocycles. The molecular formula is C15H14Cl2N2OS. The third-order valence-corrected chi connectivity index (χ3v) is 4.75. The fourth-order valence-electron chi connectivity index (χ4n) is 1.69. The van der Waals surface area contributed by atoms with Crippen molar-refractivity contribution in [3.63, 3.8) is 0 Å². The highest BCUT2D eigenvalue weighted by molar-refractivity contribution is 7.14. The topological polar surface area (TPSA) is 41.5 Å². The Labute approximate surface area is 137 Å². The molecule has 1 aromatic heterocycles. The molecule has 0 bridgehead atoms. The number of amides is 1. The van der Waals surface area contributed by atoms with Gasteiger partial charge in [0.25, 0.3) is 5.91 Å². The highest BCUT2D eigenvalue weighted by atomic mass is 35.5. The normalized spacial score (nSPS) is 11.5. The summed E-state index contributed by atoms with van der Waals surface area (Å²) >= 11 is 13.5. The van der Waals surface area contributed by atoms with E-state index in [1.165, 1.54) is 10.9 Å². The molecule has 21 heavy (non-hydrogen) atoms. The van der Waals surface area contributed by atoms with Crippen molar-refractivity contribution in [1.82, 2.24) is 5.43 Å². The van der Waals surface area contributed by atoms with Crippen molar-refractivity contribution in [3.8, 4) is 0 Å². The van der Waals surface area contributed by atoms with E-state index in [1.54, 1.807) is 23.5 Å². The van der Waals surface area contributed by atoms with Crippen LogP contribution in [0.2, 0.25) is 10.0 Å². The van der Waals surface area contributed by atoms with E-state index in [0.717, 1.165) is 17.0 Å². The second-order valence-electron chi connectivity index (χ2n) is 4.38. The number of hydrogen-bond acceptors (Lipinski definition) is 3. The van der Waals surface area contributed by atoms with Gasteiger partial charge in [-0.15, -0.1) is 11.3 Å². The van der Waals surface area contributed by atoms with Gasteiger partial charge in [0.1, 0.15) is 0 Å². The minimum Gasteiger partial charge on any atom is -0.267 e. The van der Waals surface area contributed by atoms with Gasteiger partial charge < -0.3 is 0 Å². The average Bonchev–Trinajstić information content (AvgIpc) is 2.93. The van der Waals surface area contributed by atoms with Crippen LogP contribution in [-0.4, -0.2) is 11.6 Å². The fraction of sp³-hybridized carbons (Fsp3) is 0.200. The van der Waals surface area contributed by atoms with Crippen molar-refractivity contribution >= 4 is 46.2 Å². The van der Waals surface area contributed by atoms with Gasteiger partial charge in [0.05, 0.1) is 21.2 Å². The van der Waals surface area contributed by atoms with Gasteiger partial charge in [0.2, 0.25) is 0 Å². The second kappa shape index (κ2) is 7.07. The Balaban J connectivity index is 2.10. The van der Waals surface area contributed by atoms with Crippen LogP contribution >= 0.6 is 34.5 Å². The maximum atomic E-state index is 12.0. The molecule has 1 heterocycles. The third kappa shape index (κ3) is 4.06. The second-order valence-corrected chi connectivity index (χ2v) is 6.39. The van der Waals surface area contributed by atoms with E-state index in [4.69, 9.17) is 23.2 Å². The average molecular weight is 341 g/mol. The van der Waals surface area contributed by atoms with Crippen LogP contribution in [0.3, 0.4) is 0 Å². The lowest BCUT2D eigenvalue weighted by Crippen LogP contribution is -2.19.